The molecular weight excluding hydrogens is 292 g/mol. The van der Waals surface area contributed by atoms with Crippen molar-refractivity contribution in [1.29, 1.82) is 0 Å². The maximum absolute atomic E-state index is 11.9. The molecular formula is C10H13BrN2O2S. The van der Waals surface area contributed by atoms with Crippen molar-refractivity contribution in [2.45, 2.75) is 11.8 Å². The van der Waals surface area contributed by atoms with Gasteiger partial charge in [0.15, 0.2) is 0 Å². The molecule has 0 fully saturated rings. The molecule has 0 aliphatic heterocycles. The van der Waals surface area contributed by atoms with Crippen LogP contribution in [0.15, 0.2) is 39.7 Å². The van der Waals surface area contributed by atoms with E-state index in [1.165, 1.54) is 6.07 Å². The zero-order valence-electron chi connectivity index (χ0n) is 8.83. The summed E-state index contributed by atoms with van der Waals surface area (Å²) in [4.78, 5) is 0.0723. The van der Waals surface area contributed by atoms with Gasteiger partial charge in [-0.15, -0.1) is 0 Å². The first-order chi connectivity index (χ1) is 7.33. The first-order valence-electron chi connectivity index (χ1n) is 4.52. The van der Waals surface area contributed by atoms with E-state index in [0.717, 1.165) is 5.57 Å². The Balaban J connectivity index is 3.07. The van der Waals surface area contributed by atoms with Crippen molar-refractivity contribution in [2.24, 2.45) is 0 Å². The maximum Gasteiger partial charge on any atom is 0.242 e. The van der Waals surface area contributed by atoms with Crippen LogP contribution in [-0.2, 0) is 10.0 Å². The summed E-state index contributed by atoms with van der Waals surface area (Å²) in [6, 6.07) is 4.70. The lowest BCUT2D eigenvalue weighted by Crippen LogP contribution is -2.26. The zero-order valence-corrected chi connectivity index (χ0v) is 11.2. The van der Waals surface area contributed by atoms with Gasteiger partial charge in [-0.25, -0.2) is 13.1 Å². The van der Waals surface area contributed by atoms with Crippen LogP contribution in [0.2, 0.25) is 0 Å². The highest BCUT2D eigenvalue weighted by Gasteiger charge is 2.17. The van der Waals surface area contributed by atoms with Gasteiger partial charge in [-0.05, 0) is 25.1 Å². The highest BCUT2D eigenvalue weighted by molar-refractivity contribution is 9.10. The minimum Gasteiger partial charge on any atom is -0.398 e. The molecule has 0 bridgehead atoms. The van der Waals surface area contributed by atoms with E-state index in [2.05, 4.69) is 27.2 Å². The Kier molecular flexibility index (Phi) is 4.12. The number of hydrogen-bond acceptors (Lipinski definition) is 3. The fraction of sp³-hybridized carbons (Fsp3) is 0.200. The number of nitrogens with two attached hydrogens (primary N) is 1. The summed E-state index contributed by atoms with van der Waals surface area (Å²) in [5.74, 6) is 0. The van der Waals surface area contributed by atoms with Gasteiger partial charge in [0.1, 0.15) is 4.90 Å². The summed E-state index contributed by atoms with van der Waals surface area (Å²) in [5.41, 5.74) is 6.57. The maximum atomic E-state index is 11.9. The van der Waals surface area contributed by atoms with Crippen LogP contribution in [-0.4, -0.2) is 15.0 Å². The fourth-order valence-corrected chi connectivity index (χ4v) is 2.80. The molecule has 0 saturated carbocycles. The summed E-state index contributed by atoms with van der Waals surface area (Å²) < 4.78 is 26.8. The van der Waals surface area contributed by atoms with Gasteiger partial charge in [0, 0.05) is 11.0 Å². The van der Waals surface area contributed by atoms with E-state index in [1.807, 2.05) is 0 Å². The van der Waals surface area contributed by atoms with Crippen molar-refractivity contribution in [1.82, 2.24) is 4.72 Å². The van der Waals surface area contributed by atoms with E-state index >= 15 is 0 Å². The van der Waals surface area contributed by atoms with E-state index in [1.54, 1.807) is 19.1 Å². The number of halogens is 1. The molecule has 88 valence electrons. The molecule has 0 unspecified atom stereocenters. The van der Waals surface area contributed by atoms with Gasteiger partial charge >= 0.3 is 0 Å². The quantitative estimate of drug-likeness (QED) is 0.659. The molecule has 3 N–H and O–H groups in total. The minimum atomic E-state index is -3.57. The first-order valence-corrected chi connectivity index (χ1v) is 6.79. The van der Waals surface area contributed by atoms with E-state index < -0.39 is 10.0 Å². The molecule has 1 rings (SSSR count). The highest BCUT2D eigenvalue weighted by Crippen LogP contribution is 2.22. The third kappa shape index (κ3) is 3.33. The van der Waals surface area contributed by atoms with Crippen molar-refractivity contribution in [3.63, 3.8) is 0 Å². The van der Waals surface area contributed by atoms with Crippen LogP contribution in [0.1, 0.15) is 6.92 Å². The molecule has 0 aromatic heterocycles. The number of hydrogen-bond donors (Lipinski definition) is 2. The van der Waals surface area contributed by atoms with Crippen LogP contribution in [0.25, 0.3) is 0 Å². The second kappa shape index (κ2) is 4.99. The summed E-state index contributed by atoms with van der Waals surface area (Å²) in [7, 11) is -3.57. The first kappa shape index (κ1) is 13.2. The highest BCUT2D eigenvalue weighted by atomic mass is 79.9. The molecule has 1 aromatic carbocycles. The van der Waals surface area contributed by atoms with Crippen LogP contribution in [0, 0.1) is 0 Å². The molecule has 4 nitrogen and oxygen atoms in total. The number of sulfonamides is 1. The Labute approximate surface area is 104 Å². The van der Waals surface area contributed by atoms with Crippen molar-refractivity contribution < 1.29 is 8.42 Å². The van der Waals surface area contributed by atoms with Crippen molar-refractivity contribution in [2.75, 3.05) is 12.3 Å². The molecule has 0 atom stereocenters. The summed E-state index contributed by atoms with van der Waals surface area (Å²) in [6.07, 6.45) is 0. The number of rotatable bonds is 4. The van der Waals surface area contributed by atoms with Gasteiger partial charge in [-0.2, -0.15) is 0 Å². The Morgan fingerprint density at radius 2 is 2.19 bits per heavy atom. The Hall–Kier alpha value is -0.850. The standard InChI is InChI=1S/C10H13BrN2O2S/c1-7(2)6-13-16(14,15)10-5-8(11)3-4-9(10)12/h3-5,13H,1,6,12H2,2H3. The summed E-state index contributed by atoms with van der Waals surface area (Å²) in [6.45, 7) is 5.57. The Morgan fingerprint density at radius 1 is 1.56 bits per heavy atom. The van der Waals surface area contributed by atoms with Gasteiger partial charge in [-0.3, -0.25) is 0 Å². The van der Waals surface area contributed by atoms with Gasteiger partial charge in [-0.1, -0.05) is 28.1 Å². The monoisotopic (exact) mass is 304 g/mol. The van der Waals surface area contributed by atoms with Gasteiger partial charge in [0.25, 0.3) is 0 Å². The SMILES string of the molecule is C=C(C)CNS(=O)(=O)c1cc(Br)ccc1N. The molecule has 6 heteroatoms. The molecule has 0 aliphatic carbocycles. The molecule has 0 saturated heterocycles. The zero-order chi connectivity index (χ0) is 12.3. The fourth-order valence-electron chi connectivity index (χ4n) is 1.04. The van der Waals surface area contributed by atoms with E-state index in [0.29, 0.717) is 4.47 Å². The molecule has 0 radical (unpaired) electrons. The van der Waals surface area contributed by atoms with Crippen molar-refractivity contribution in [3.8, 4) is 0 Å². The second-order valence-electron chi connectivity index (χ2n) is 3.46. The lowest BCUT2D eigenvalue weighted by atomic mass is 10.3. The second-order valence-corrected chi connectivity index (χ2v) is 6.11. The van der Waals surface area contributed by atoms with Crippen LogP contribution in [0.3, 0.4) is 0 Å². The number of nitrogen functional groups attached to an aromatic ring is 1. The predicted octanol–water partition coefficient (Wildman–Crippen LogP) is 1.89. The molecule has 0 amide bonds. The van der Waals surface area contributed by atoms with E-state index in [-0.39, 0.29) is 17.1 Å². The number of anilines is 1. The molecule has 0 aliphatic rings. The predicted molar refractivity (Wildman–Crippen MR) is 68.6 cm³/mol. The number of benzene rings is 1. The van der Waals surface area contributed by atoms with Gasteiger partial charge < -0.3 is 5.73 Å². The van der Waals surface area contributed by atoms with Crippen LogP contribution < -0.4 is 10.5 Å². The molecule has 16 heavy (non-hydrogen) atoms. The topological polar surface area (TPSA) is 72.2 Å². The van der Waals surface area contributed by atoms with Crippen LogP contribution in [0.5, 0.6) is 0 Å². The molecule has 1 aromatic rings. The lowest BCUT2D eigenvalue weighted by Gasteiger charge is -2.09. The normalized spacial score (nSPS) is 11.4. The summed E-state index contributed by atoms with van der Waals surface area (Å²) >= 11 is 3.20. The molecule has 0 heterocycles. The Bertz CT molecular complexity index is 512. The van der Waals surface area contributed by atoms with Gasteiger partial charge in [0.05, 0.1) is 5.69 Å². The largest absolute Gasteiger partial charge is 0.398 e. The lowest BCUT2D eigenvalue weighted by molar-refractivity contribution is 0.585. The summed E-state index contributed by atoms with van der Waals surface area (Å²) in [5, 5.41) is 0. The van der Waals surface area contributed by atoms with Crippen molar-refractivity contribution in [3.05, 3.63) is 34.8 Å². The third-order valence-electron chi connectivity index (χ3n) is 1.83. The van der Waals surface area contributed by atoms with E-state index in [4.69, 9.17) is 5.73 Å². The van der Waals surface area contributed by atoms with E-state index in [9.17, 15) is 8.42 Å². The average molecular weight is 305 g/mol. The van der Waals surface area contributed by atoms with Gasteiger partial charge in [0.2, 0.25) is 10.0 Å². The van der Waals surface area contributed by atoms with Crippen LogP contribution in [0.4, 0.5) is 5.69 Å². The third-order valence-corrected chi connectivity index (χ3v) is 3.78. The molecule has 0 spiro atoms. The average Bonchev–Trinajstić information content (AvgIpc) is 2.19. The minimum absolute atomic E-state index is 0.0723. The number of nitrogens with one attached hydrogen (secondary N) is 1. The van der Waals surface area contributed by atoms with Crippen molar-refractivity contribution >= 4 is 31.6 Å². The van der Waals surface area contributed by atoms with Crippen LogP contribution >= 0.6 is 15.9 Å². The Morgan fingerprint density at radius 3 is 2.75 bits per heavy atom. The smallest absolute Gasteiger partial charge is 0.242 e.